The van der Waals surface area contributed by atoms with Crippen LogP contribution in [0.15, 0.2) is 102 Å². The van der Waals surface area contributed by atoms with Crippen LogP contribution in [0.4, 0.5) is 0 Å². The number of piperazine rings is 1. The third kappa shape index (κ3) is 50.7. The van der Waals surface area contributed by atoms with Crippen molar-refractivity contribution in [2.75, 3.05) is 121 Å². The molecular weight excluding hydrogens is 1600 g/mol. The number of benzene rings is 3. The fourth-order valence-electron chi connectivity index (χ4n) is 6.95. The zero-order valence-electron chi connectivity index (χ0n) is 49.3. The quantitative estimate of drug-likeness (QED) is 0.128. The van der Waals surface area contributed by atoms with Crippen LogP contribution in [-0.4, -0.2) is 155 Å². The van der Waals surface area contributed by atoms with Gasteiger partial charge in [-0.3, -0.25) is 0 Å². The molecule has 0 atom stereocenters. The first-order chi connectivity index (χ1) is 33.3. The molecule has 424 valence electrons. The molecule has 9 rings (SSSR count). The van der Waals surface area contributed by atoms with Gasteiger partial charge in [-0.2, -0.15) is 119 Å². The van der Waals surface area contributed by atoms with Crippen molar-refractivity contribution in [2.45, 2.75) is 115 Å². The van der Waals surface area contributed by atoms with Gasteiger partial charge >= 0.3 is 0 Å². The standard InChI is InChI=1S/2C8H9.2C7H15N.2C7H13N.C7H7.C6H14N2.C6H6N.CH4.4W/c6*1-7-3-5-8(2)6-4-7;1-7-5-3-2-4-6-7;1-7-3-5-8(2)6-4-7;1-6-3-2-4-7-5-6;;;;;/h2*3-5H,1-2H3;2*7H,3-6H2,1-2H3;2*3H,4-6H2,1-2H3;3-6H,1H3;3-6H2,1-2H3;2-3,5H,1H3;1H4;;;;/q2*-1;;;;;-1;;-1;;;;;. The Balaban J connectivity index is -0.000000243. The summed E-state index contributed by atoms with van der Waals surface area (Å²) in [5, 5.41) is 0. The minimum atomic E-state index is 0. The van der Waals surface area contributed by atoms with E-state index in [0.717, 1.165) is 24.9 Å². The summed E-state index contributed by atoms with van der Waals surface area (Å²) in [5.74, 6) is 1.96. The fourth-order valence-corrected chi connectivity index (χ4v) is 6.95. The van der Waals surface area contributed by atoms with Crippen LogP contribution in [0.2, 0.25) is 0 Å². The summed E-state index contributed by atoms with van der Waals surface area (Å²) in [6, 6.07) is 33.1. The molecule has 5 aliphatic heterocycles. The summed E-state index contributed by atoms with van der Waals surface area (Å²) >= 11 is 0. The number of nitrogens with zero attached hydrogens (tertiary/aromatic N) is 7. The normalized spacial score (nSPS) is 16.9. The second kappa shape index (κ2) is 52.2. The van der Waals surface area contributed by atoms with Crippen LogP contribution in [0.3, 0.4) is 0 Å². The molecule has 0 saturated carbocycles. The monoisotopic (exact) mass is 1710 g/mol. The van der Waals surface area contributed by atoms with Gasteiger partial charge in [0.1, 0.15) is 0 Å². The zero-order chi connectivity index (χ0) is 52.1. The van der Waals surface area contributed by atoms with Crippen LogP contribution in [0, 0.1) is 77.8 Å². The summed E-state index contributed by atoms with van der Waals surface area (Å²) in [4.78, 5) is 17.9. The molecule has 6 heterocycles. The van der Waals surface area contributed by atoms with Gasteiger partial charge in [-0.15, -0.1) is 5.56 Å². The van der Waals surface area contributed by atoms with Crippen LogP contribution < -0.4 is 0 Å². The third-order valence-corrected chi connectivity index (χ3v) is 12.9. The van der Waals surface area contributed by atoms with E-state index >= 15 is 0 Å². The molecule has 1 aromatic heterocycles. The maximum atomic E-state index is 3.76. The van der Waals surface area contributed by atoms with E-state index in [2.05, 4.69) is 186 Å². The molecule has 0 unspecified atom stereocenters. The first-order valence-corrected chi connectivity index (χ1v) is 26.3. The number of aromatic nitrogens is 1. The molecule has 75 heavy (non-hydrogen) atoms. The van der Waals surface area contributed by atoms with E-state index in [1.165, 1.54) is 137 Å². The largest absolute Gasteiger partial charge is 0.394 e. The molecule has 5 aliphatic rings. The zero-order valence-corrected chi connectivity index (χ0v) is 61.0. The molecule has 0 bridgehead atoms. The number of likely N-dealkylation sites (N-methyl/N-ethyl adjacent to an activating group) is 4. The van der Waals surface area contributed by atoms with E-state index in [0.29, 0.717) is 0 Å². The molecule has 4 aromatic rings. The van der Waals surface area contributed by atoms with Crippen molar-refractivity contribution in [3.05, 3.63) is 160 Å². The average molecular weight is 1710 g/mol. The van der Waals surface area contributed by atoms with Crippen molar-refractivity contribution in [3.63, 3.8) is 0 Å². The molecule has 0 aliphatic carbocycles. The van der Waals surface area contributed by atoms with Crippen molar-refractivity contribution in [1.29, 1.82) is 0 Å². The minimum Gasteiger partial charge on any atom is -0.394 e. The Bertz CT molecular complexity index is 1650. The molecule has 0 N–H and O–H groups in total. The predicted molar refractivity (Wildman–Crippen MR) is 313 cm³/mol. The Morgan fingerprint density at radius 3 is 0.960 bits per heavy atom. The third-order valence-electron chi connectivity index (χ3n) is 12.9. The summed E-state index contributed by atoms with van der Waals surface area (Å²) in [7, 11) is 13.1. The Morgan fingerprint density at radius 1 is 0.413 bits per heavy atom. The second-order valence-corrected chi connectivity index (χ2v) is 20.8. The first kappa shape index (κ1) is 82.6. The van der Waals surface area contributed by atoms with Gasteiger partial charge in [0, 0.05) is 137 Å². The van der Waals surface area contributed by atoms with E-state index in [1.54, 1.807) is 23.4 Å². The van der Waals surface area contributed by atoms with Gasteiger partial charge in [-0.05, 0) is 133 Å². The van der Waals surface area contributed by atoms with E-state index in [4.69, 9.17) is 0 Å². The number of piperidine rings is 2. The van der Waals surface area contributed by atoms with Gasteiger partial charge in [0.05, 0.1) is 0 Å². The summed E-state index contributed by atoms with van der Waals surface area (Å²) in [6.45, 7) is 36.3. The van der Waals surface area contributed by atoms with Gasteiger partial charge < -0.3 is 34.4 Å². The minimum absolute atomic E-state index is 0. The Kier molecular flexibility index (Phi) is 57.5. The number of hydrogen-bond donors (Lipinski definition) is 0. The Labute approximate surface area is 522 Å². The number of aryl methyl sites for hydroxylation is 6. The topological polar surface area (TPSA) is 32.3 Å². The molecule has 3 saturated heterocycles. The molecule has 3 aromatic carbocycles. The van der Waals surface area contributed by atoms with Crippen molar-refractivity contribution in [3.8, 4) is 0 Å². The average Bonchev–Trinajstić information content (AvgIpc) is 3.35. The van der Waals surface area contributed by atoms with Crippen molar-refractivity contribution < 1.29 is 84.3 Å². The summed E-state index contributed by atoms with van der Waals surface area (Å²) in [5.41, 5.74) is 10.5. The van der Waals surface area contributed by atoms with Crippen LogP contribution >= 0.6 is 0 Å². The maximum absolute atomic E-state index is 3.76. The van der Waals surface area contributed by atoms with Gasteiger partial charge in [0.25, 0.3) is 0 Å². The van der Waals surface area contributed by atoms with Crippen LogP contribution in [-0.2, 0) is 84.3 Å². The second-order valence-electron chi connectivity index (χ2n) is 20.8. The van der Waals surface area contributed by atoms with Gasteiger partial charge in [0.15, 0.2) is 0 Å². The van der Waals surface area contributed by atoms with Gasteiger partial charge in [0.2, 0.25) is 0 Å². The number of rotatable bonds is 0. The number of likely N-dealkylation sites (tertiary alicyclic amines) is 2. The molecule has 11 heteroatoms. The van der Waals surface area contributed by atoms with E-state index in [-0.39, 0.29) is 91.7 Å². The molecule has 3 fully saturated rings. The number of pyridine rings is 1. The van der Waals surface area contributed by atoms with Crippen LogP contribution in [0.5, 0.6) is 0 Å². The van der Waals surface area contributed by atoms with E-state index in [1.807, 2.05) is 63.2 Å². The van der Waals surface area contributed by atoms with Crippen LogP contribution in [0.25, 0.3) is 0 Å². The molecule has 7 nitrogen and oxygen atoms in total. The fraction of sp³-hybridized carbons (Fsp3) is 0.578. The molecular formula is C64H105N7W4-4. The Morgan fingerprint density at radius 2 is 0.760 bits per heavy atom. The van der Waals surface area contributed by atoms with Crippen molar-refractivity contribution in [1.82, 2.24) is 34.4 Å². The smallest absolute Gasteiger partial charge is 0.0162 e. The van der Waals surface area contributed by atoms with Gasteiger partial charge in [-0.25, -0.2) is 0 Å². The SMILES string of the molecule is C.CC1=CCN(C)CC1.CC1=CCN(C)CC1.CC1CCN(C)CC1.CC1CCN(C)CC1.CN1CCN(C)CC1.Cc1[c-]cc(C)cc1.Cc1[c-]cc(C)cc1.Cc1cc[c-]cc1.Cc1cc[c-]nc1.[W].[W].[W].[W]. The van der Waals surface area contributed by atoms with Crippen LogP contribution in [0.1, 0.15) is 107 Å². The van der Waals surface area contributed by atoms with E-state index in [9.17, 15) is 0 Å². The van der Waals surface area contributed by atoms with Crippen molar-refractivity contribution in [2.24, 2.45) is 11.8 Å². The number of hydrogen-bond acceptors (Lipinski definition) is 7. The molecule has 0 spiro atoms. The van der Waals surface area contributed by atoms with Crippen molar-refractivity contribution >= 4 is 0 Å². The van der Waals surface area contributed by atoms with Gasteiger partial charge in [-0.1, -0.05) is 98.5 Å². The Hall–Kier alpha value is -1.20. The first-order valence-electron chi connectivity index (χ1n) is 26.3. The maximum Gasteiger partial charge on any atom is 0.0162 e. The summed E-state index contributed by atoms with van der Waals surface area (Å²) < 4.78 is 0. The molecule has 0 radical (unpaired) electrons. The molecule has 0 amide bonds. The van der Waals surface area contributed by atoms with E-state index < -0.39 is 0 Å². The predicted octanol–water partition coefficient (Wildman–Crippen LogP) is 12.9. The summed E-state index contributed by atoms with van der Waals surface area (Å²) in [6.07, 6.45) is 17.2.